The molecule has 1 aromatic rings. The Labute approximate surface area is 89.9 Å². The molecule has 0 amide bonds. The van der Waals surface area contributed by atoms with E-state index in [0.29, 0.717) is 5.90 Å². The summed E-state index contributed by atoms with van der Waals surface area (Å²) >= 11 is 0. The molecule has 1 aromatic carbocycles. The van der Waals surface area contributed by atoms with Crippen LogP contribution in [0.5, 0.6) is 5.75 Å². The number of aliphatic imine (C=N–C) groups is 1. The van der Waals surface area contributed by atoms with E-state index < -0.39 is 0 Å². The minimum atomic E-state index is 0.483. The molecule has 15 heavy (non-hydrogen) atoms. The lowest BCUT2D eigenvalue weighted by Crippen LogP contribution is -2.03. The molecule has 0 saturated heterocycles. The van der Waals surface area contributed by atoms with Crippen molar-refractivity contribution in [3.8, 4) is 5.75 Å². The van der Waals surface area contributed by atoms with Gasteiger partial charge in [-0.25, -0.2) is 4.99 Å². The Morgan fingerprint density at radius 3 is 2.53 bits per heavy atom. The van der Waals surface area contributed by atoms with E-state index in [0.717, 1.165) is 5.75 Å². The average Bonchev–Trinajstić information content (AvgIpc) is 2.28. The normalized spacial score (nSPS) is 11.3. The molecule has 0 N–H and O–H groups in total. The summed E-state index contributed by atoms with van der Waals surface area (Å²) in [4.78, 5) is 3.98. The fourth-order valence-electron chi connectivity index (χ4n) is 0.953. The second kappa shape index (κ2) is 6.38. The molecule has 76 valence electrons. The van der Waals surface area contributed by atoms with Crippen LogP contribution in [0.1, 0.15) is 0 Å². The molecule has 1 rings (SSSR count). The minimum absolute atomic E-state index is 0.483. The van der Waals surface area contributed by atoms with Crippen molar-refractivity contribution in [1.29, 1.82) is 0 Å². The van der Waals surface area contributed by atoms with Gasteiger partial charge in [0.15, 0.2) is 0 Å². The molecular weight excluding hydrogens is 186 g/mol. The SMILES string of the molecule is C=C/C=C\C(=N/C=C)Oc1ccccc1. The highest BCUT2D eigenvalue weighted by Gasteiger charge is 1.95. The van der Waals surface area contributed by atoms with E-state index in [1.54, 1.807) is 18.2 Å². The van der Waals surface area contributed by atoms with Crippen molar-refractivity contribution in [2.75, 3.05) is 0 Å². The Balaban J connectivity index is 2.76. The number of rotatable bonds is 4. The predicted molar refractivity (Wildman–Crippen MR) is 64.0 cm³/mol. The van der Waals surface area contributed by atoms with Gasteiger partial charge in [-0.1, -0.05) is 43.5 Å². The van der Waals surface area contributed by atoms with Crippen LogP contribution in [0.4, 0.5) is 0 Å². The average molecular weight is 199 g/mol. The number of para-hydroxylation sites is 1. The lowest BCUT2D eigenvalue weighted by molar-refractivity contribution is 0.555. The van der Waals surface area contributed by atoms with E-state index in [1.807, 2.05) is 30.3 Å². The molecule has 2 nitrogen and oxygen atoms in total. The quantitative estimate of drug-likeness (QED) is 0.414. The maximum atomic E-state index is 5.50. The molecule has 0 spiro atoms. The van der Waals surface area contributed by atoms with Gasteiger partial charge in [-0.15, -0.1) is 0 Å². The molecule has 0 bridgehead atoms. The molecule has 0 fully saturated rings. The smallest absolute Gasteiger partial charge is 0.219 e. The Hall–Kier alpha value is -2.09. The monoisotopic (exact) mass is 199 g/mol. The molecule has 0 radical (unpaired) electrons. The molecule has 2 heteroatoms. The van der Waals surface area contributed by atoms with E-state index in [4.69, 9.17) is 4.74 Å². The molecule has 0 saturated carbocycles. The van der Waals surface area contributed by atoms with Gasteiger partial charge in [-0.2, -0.15) is 0 Å². The first-order chi connectivity index (χ1) is 7.36. The summed E-state index contributed by atoms with van der Waals surface area (Å²) in [6.45, 7) is 7.10. The number of ether oxygens (including phenoxy) is 1. The minimum Gasteiger partial charge on any atom is -0.439 e. The third kappa shape index (κ3) is 4.09. The number of benzene rings is 1. The molecule has 0 heterocycles. The number of allylic oxidation sites excluding steroid dienone is 2. The first-order valence-corrected chi connectivity index (χ1v) is 4.57. The van der Waals surface area contributed by atoms with Crippen LogP contribution >= 0.6 is 0 Å². The van der Waals surface area contributed by atoms with Gasteiger partial charge in [-0.3, -0.25) is 0 Å². The Kier molecular flexibility index (Phi) is 4.67. The zero-order valence-corrected chi connectivity index (χ0v) is 8.47. The molecule has 0 atom stereocenters. The topological polar surface area (TPSA) is 21.6 Å². The third-order valence-corrected chi connectivity index (χ3v) is 1.56. The summed E-state index contributed by atoms with van der Waals surface area (Å²) < 4.78 is 5.50. The van der Waals surface area contributed by atoms with Crippen molar-refractivity contribution in [3.05, 3.63) is 67.9 Å². The zero-order valence-electron chi connectivity index (χ0n) is 8.47. The van der Waals surface area contributed by atoms with E-state index in [-0.39, 0.29) is 0 Å². The second-order valence-corrected chi connectivity index (χ2v) is 2.66. The standard InChI is InChI=1S/C13H13NO/c1-3-5-11-13(14-4-2)15-12-9-7-6-8-10-12/h3-11H,1-2H2/b11-5-,14-13+. The van der Waals surface area contributed by atoms with Gasteiger partial charge in [0.25, 0.3) is 0 Å². The summed E-state index contributed by atoms with van der Waals surface area (Å²) in [7, 11) is 0. The van der Waals surface area contributed by atoms with Gasteiger partial charge >= 0.3 is 0 Å². The van der Waals surface area contributed by atoms with E-state index in [2.05, 4.69) is 18.2 Å². The van der Waals surface area contributed by atoms with Gasteiger partial charge in [0.1, 0.15) is 5.75 Å². The number of nitrogens with zero attached hydrogens (tertiary/aromatic N) is 1. The third-order valence-electron chi connectivity index (χ3n) is 1.56. The van der Waals surface area contributed by atoms with Crippen LogP contribution in [0.3, 0.4) is 0 Å². The highest BCUT2D eigenvalue weighted by atomic mass is 16.5. The predicted octanol–water partition coefficient (Wildman–Crippen LogP) is 3.35. The summed E-state index contributed by atoms with van der Waals surface area (Å²) in [6.07, 6.45) is 6.58. The van der Waals surface area contributed by atoms with Crippen LogP contribution in [0.15, 0.2) is 72.9 Å². The lowest BCUT2D eigenvalue weighted by Gasteiger charge is -2.03. The van der Waals surface area contributed by atoms with Crippen LogP contribution in [-0.2, 0) is 0 Å². The fraction of sp³-hybridized carbons (Fsp3) is 0. The van der Waals surface area contributed by atoms with Crippen molar-refractivity contribution in [1.82, 2.24) is 0 Å². The Morgan fingerprint density at radius 2 is 1.93 bits per heavy atom. The number of hydrogen-bond acceptors (Lipinski definition) is 2. The summed E-state index contributed by atoms with van der Waals surface area (Å²) in [5, 5.41) is 0. The van der Waals surface area contributed by atoms with Crippen LogP contribution < -0.4 is 4.74 Å². The molecule has 0 unspecified atom stereocenters. The maximum absolute atomic E-state index is 5.50. The Morgan fingerprint density at radius 1 is 1.20 bits per heavy atom. The Bertz CT molecular complexity index is 377. The summed E-state index contributed by atoms with van der Waals surface area (Å²) in [5.41, 5.74) is 0. The van der Waals surface area contributed by atoms with Crippen molar-refractivity contribution in [3.63, 3.8) is 0 Å². The summed E-state index contributed by atoms with van der Waals surface area (Å²) in [6, 6.07) is 9.45. The van der Waals surface area contributed by atoms with Crippen LogP contribution in [-0.4, -0.2) is 5.90 Å². The maximum Gasteiger partial charge on any atom is 0.219 e. The fourth-order valence-corrected chi connectivity index (χ4v) is 0.953. The van der Waals surface area contributed by atoms with Crippen LogP contribution in [0, 0.1) is 0 Å². The van der Waals surface area contributed by atoms with Gasteiger partial charge < -0.3 is 4.74 Å². The first-order valence-electron chi connectivity index (χ1n) is 4.57. The zero-order chi connectivity index (χ0) is 10.9. The largest absolute Gasteiger partial charge is 0.439 e. The van der Waals surface area contributed by atoms with Crippen molar-refractivity contribution >= 4 is 5.90 Å². The second-order valence-electron chi connectivity index (χ2n) is 2.66. The first kappa shape index (κ1) is 11.0. The van der Waals surface area contributed by atoms with Gasteiger partial charge in [-0.05, 0) is 12.1 Å². The van der Waals surface area contributed by atoms with E-state index >= 15 is 0 Å². The molecular formula is C13H13NO. The summed E-state index contributed by atoms with van der Waals surface area (Å²) in [5.74, 6) is 1.22. The van der Waals surface area contributed by atoms with Crippen LogP contribution in [0.2, 0.25) is 0 Å². The van der Waals surface area contributed by atoms with Gasteiger partial charge in [0.05, 0.1) is 0 Å². The van der Waals surface area contributed by atoms with Gasteiger partial charge in [0, 0.05) is 12.3 Å². The van der Waals surface area contributed by atoms with Crippen LogP contribution in [0.25, 0.3) is 0 Å². The van der Waals surface area contributed by atoms with Crippen molar-refractivity contribution < 1.29 is 4.74 Å². The lowest BCUT2D eigenvalue weighted by atomic mass is 10.3. The molecule has 0 aliphatic carbocycles. The van der Waals surface area contributed by atoms with Crippen molar-refractivity contribution in [2.24, 2.45) is 4.99 Å². The highest BCUT2D eigenvalue weighted by Crippen LogP contribution is 2.09. The molecule has 0 aliphatic rings. The van der Waals surface area contributed by atoms with E-state index in [1.165, 1.54) is 6.20 Å². The molecule has 0 aromatic heterocycles. The van der Waals surface area contributed by atoms with Gasteiger partial charge in [0.2, 0.25) is 5.90 Å². The highest BCUT2D eigenvalue weighted by molar-refractivity contribution is 5.90. The van der Waals surface area contributed by atoms with E-state index in [9.17, 15) is 0 Å². The number of hydrogen-bond donors (Lipinski definition) is 0. The molecule has 0 aliphatic heterocycles. The van der Waals surface area contributed by atoms with Crippen molar-refractivity contribution in [2.45, 2.75) is 0 Å².